The topological polar surface area (TPSA) is 146 Å². The summed E-state index contributed by atoms with van der Waals surface area (Å²) < 4.78 is 67.4. The van der Waals surface area contributed by atoms with Gasteiger partial charge in [0.25, 0.3) is 5.56 Å². The van der Waals surface area contributed by atoms with Gasteiger partial charge in [0.15, 0.2) is 18.5 Å². The average molecular weight is 483 g/mol. The third-order valence-corrected chi connectivity index (χ3v) is 4.50. The number of hydrogen-bond donors (Lipinski definition) is 2. The van der Waals surface area contributed by atoms with Gasteiger partial charge in [-0.15, -0.1) is 0 Å². The largest absolute Gasteiger partial charge is 0.471 e. The number of esters is 2. The maximum atomic E-state index is 15.0. The fourth-order valence-corrected chi connectivity index (χ4v) is 3.06. The SMILES string of the molecule is CC(=O)OC[C@H]1O[C@@H](n2cc(CCCNC(=O)C(F)(F)F)c(=O)[nH]c2=O)[C@H](F)[C@@H]1OC(C)=O. The van der Waals surface area contributed by atoms with Crippen molar-refractivity contribution < 1.29 is 46.2 Å². The van der Waals surface area contributed by atoms with Crippen molar-refractivity contribution in [2.24, 2.45) is 0 Å². The van der Waals surface area contributed by atoms with Crippen molar-refractivity contribution in [2.75, 3.05) is 13.2 Å². The first-order valence-corrected chi connectivity index (χ1v) is 9.60. The molecule has 1 amide bonds. The van der Waals surface area contributed by atoms with E-state index in [2.05, 4.69) is 0 Å². The van der Waals surface area contributed by atoms with Crippen molar-refractivity contribution in [1.82, 2.24) is 14.9 Å². The number of amides is 1. The molecule has 0 aliphatic carbocycles. The van der Waals surface area contributed by atoms with E-state index in [4.69, 9.17) is 14.2 Å². The van der Waals surface area contributed by atoms with Gasteiger partial charge in [-0.05, 0) is 12.8 Å². The van der Waals surface area contributed by atoms with Gasteiger partial charge < -0.3 is 19.5 Å². The number of carbonyl (C=O) groups excluding carboxylic acids is 3. The first-order valence-electron chi connectivity index (χ1n) is 9.60. The van der Waals surface area contributed by atoms with Crippen LogP contribution in [0.5, 0.6) is 0 Å². The quantitative estimate of drug-likeness (QED) is 0.296. The van der Waals surface area contributed by atoms with Crippen LogP contribution in [0.1, 0.15) is 32.1 Å². The van der Waals surface area contributed by atoms with Gasteiger partial charge >= 0.3 is 29.7 Å². The molecule has 2 rings (SSSR count). The number of carbonyl (C=O) groups is 3. The van der Waals surface area contributed by atoms with Gasteiger partial charge in [-0.25, -0.2) is 9.18 Å². The Morgan fingerprint density at radius 1 is 1.21 bits per heavy atom. The van der Waals surface area contributed by atoms with Crippen molar-refractivity contribution >= 4 is 17.8 Å². The molecule has 4 atom stereocenters. The van der Waals surface area contributed by atoms with E-state index < -0.39 is 73.0 Å². The summed E-state index contributed by atoms with van der Waals surface area (Å²) in [5.41, 5.74) is -2.02. The molecule has 184 valence electrons. The van der Waals surface area contributed by atoms with Crippen molar-refractivity contribution in [3.63, 3.8) is 0 Å². The Morgan fingerprint density at radius 2 is 1.88 bits per heavy atom. The van der Waals surface area contributed by atoms with E-state index in [1.54, 1.807) is 5.32 Å². The number of alkyl halides is 4. The average Bonchev–Trinajstić information content (AvgIpc) is 2.99. The highest BCUT2D eigenvalue weighted by molar-refractivity contribution is 5.81. The Labute approximate surface area is 183 Å². The molecule has 0 aromatic carbocycles. The van der Waals surface area contributed by atoms with Gasteiger partial charge in [0.2, 0.25) is 0 Å². The van der Waals surface area contributed by atoms with Crippen LogP contribution in [0.25, 0.3) is 0 Å². The molecule has 0 radical (unpaired) electrons. The number of rotatable bonds is 8. The van der Waals surface area contributed by atoms with E-state index in [0.717, 1.165) is 20.0 Å². The van der Waals surface area contributed by atoms with Gasteiger partial charge in [0.05, 0.1) is 0 Å². The highest BCUT2D eigenvalue weighted by Gasteiger charge is 2.49. The number of halogens is 4. The van der Waals surface area contributed by atoms with Gasteiger partial charge in [0, 0.05) is 32.2 Å². The minimum absolute atomic E-state index is 0.0980. The Kier molecular flexibility index (Phi) is 8.35. The summed E-state index contributed by atoms with van der Waals surface area (Å²) >= 11 is 0. The van der Waals surface area contributed by atoms with E-state index in [1.165, 1.54) is 0 Å². The van der Waals surface area contributed by atoms with Crippen molar-refractivity contribution in [3.8, 4) is 0 Å². The molecule has 0 spiro atoms. The van der Waals surface area contributed by atoms with E-state index in [-0.39, 0.29) is 18.4 Å². The monoisotopic (exact) mass is 483 g/mol. The summed E-state index contributed by atoms with van der Waals surface area (Å²) in [6.07, 6.45) is -10.9. The van der Waals surface area contributed by atoms with Gasteiger partial charge in [-0.3, -0.25) is 28.7 Å². The van der Waals surface area contributed by atoms with E-state index in [9.17, 15) is 37.1 Å². The van der Waals surface area contributed by atoms with Crippen molar-refractivity contribution in [2.45, 2.75) is 57.5 Å². The number of hydrogen-bond acceptors (Lipinski definition) is 8. The Hall–Kier alpha value is -3.23. The minimum atomic E-state index is -5.05. The zero-order chi connectivity index (χ0) is 24.9. The van der Waals surface area contributed by atoms with Crippen LogP contribution in [0, 0.1) is 0 Å². The van der Waals surface area contributed by atoms with Crippen LogP contribution in [0.2, 0.25) is 0 Å². The molecule has 0 unspecified atom stereocenters. The van der Waals surface area contributed by atoms with Gasteiger partial charge in [0.1, 0.15) is 12.7 Å². The number of H-pyrrole nitrogens is 1. The molecule has 0 bridgehead atoms. The second-order valence-electron chi connectivity index (χ2n) is 7.06. The molecule has 2 N–H and O–H groups in total. The molecule has 1 aliphatic rings. The molecule has 2 heterocycles. The van der Waals surface area contributed by atoms with Crippen molar-refractivity contribution in [1.29, 1.82) is 0 Å². The zero-order valence-electron chi connectivity index (χ0n) is 17.4. The smallest absolute Gasteiger partial charge is 0.463 e. The number of nitrogens with one attached hydrogen (secondary N) is 2. The van der Waals surface area contributed by atoms with Crippen LogP contribution < -0.4 is 16.6 Å². The van der Waals surface area contributed by atoms with Crippen LogP contribution in [0.3, 0.4) is 0 Å². The summed E-state index contributed by atoms with van der Waals surface area (Å²) in [5, 5.41) is 1.63. The fraction of sp³-hybridized carbons (Fsp3) is 0.611. The molecule has 33 heavy (non-hydrogen) atoms. The number of ether oxygens (including phenoxy) is 3. The summed E-state index contributed by atoms with van der Waals surface area (Å²) in [4.78, 5) is 59.4. The van der Waals surface area contributed by atoms with Crippen LogP contribution in [-0.4, -0.2) is 65.1 Å². The maximum absolute atomic E-state index is 15.0. The number of aromatic nitrogens is 2. The summed E-state index contributed by atoms with van der Waals surface area (Å²) in [7, 11) is 0. The Morgan fingerprint density at radius 3 is 2.45 bits per heavy atom. The first kappa shape index (κ1) is 26.0. The minimum Gasteiger partial charge on any atom is -0.463 e. The first-order chi connectivity index (χ1) is 15.3. The zero-order valence-corrected chi connectivity index (χ0v) is 17.4. The maximum Gasteiger partial charge on any atom is 0.471 e. The second kappa shape index (κ2) is 10.6. The molecule has 1 aliphatic heterocycles. The summed E-state index contributed by atoms with van der Waals surface area (Å²) in [6, 6.07) is 0. The Balaban J connectivity index is 2.18. The highest BCUT2D eigenvalue weighted by atomic mass is 19.4. The predicted molar refractivity (Wildman–Crippen MR) is 99.7 cm³/mol. The fourth-order valence-electron chi connectivity index (χ4n) is 3.06. The number of aromatic amines is 1. The van der Waals surface area contributed by atoms with Crippen molar-refractivity contribution in [3.05, 3.63) is 32.6 Å². The van der Waals surface area contributed by atoms with E-state index in [1.807, 2.05) is 4.98 Å². The lowest BCUT2D eigenvalue weighted by atomic mass is 10.1. The second-order valence-corrected chi connectivity index (χ2v) is 7.06. The lowest BCUT2D eigenvalue weighted by molar-refractivity contribution is -0.173. The van der Waals surface area contributed by atoms with Crippen LogP contribution in [0.4, 0.5) is 17.6 Å². The molecular weight excluding hydrogens is 462 g/mol. The predicted octanol–water partition coefficient (Wildman–Crippen LogP) is -0.122. The van der Waals surface area contributed by atoms with E-state index >= 15 is 4.39 Å². The normalized spacial score (nSPS) is 22.6. The van der Waals surface area contributed by atoms with E-state index in [0.29, 0.717) is 4.57 Å². The molecule has 15 heteroatoms. The molecule has 1 fully saturated rings. The lowest BCUT2D eigenvalue weighted by Gasteiger charge is -2.18. The van der Waals surface area contributed by atoms with Crippen LogP contribution in [-0.2, 0) is 35.0 Å². The number of aryl methyl sites for hydroxylation is 1. The third kappa shape index (κ3) is 6.87. The van der Waals surface area contributed by atoms with Gasteiger partial charge in [-0.1, -0.05) is 0 Å². The number of nitrogens with zero attached hydrogens (tertiary/aromatic N) is 1. The Bertz CT molecular complexity index is 1010. The molecule has 1 aromatic heterocycles. The molecule has 0 saturated carbocycles. The molecule has 1 aromatic rings. The summed E-state index contributed by atoms with van der Waals surface area (Å²) in [5.74, 6) is -3.70. The third-order valence-electron chi connectivity index (χ3n) is 4.50. The van der Waals surface area contributed by atoms with Crippen LogP contribution in [0.15, 0.2) is 15.8 Å². The van der Waals surface area contributed by atoms with Gasteiger partial charge in [-0.2, -0.15) is 13.2 Å². The molecule has 11 nitrogen and oxygen atoms in total. The molecular formula is C18H21F4N3O8. The lowest BCUT2D eigenvalue weighted by Crippen LogP contribution is -2.39. The van der Waals surface area contributed by atoms with Crippen LogP contribution >= 0.6 is 0 Å². The summed E-state index contributed by atoms with van der Waals surface area (Å²) in [6.45, 7) is 1.22. The highest BCUT2D eigenvalue weighted by Crippen LogP contribution is 2.33. The molecule has 1 saturated heterocycles. The standard InChI is InChI=1S/C18H21F4N3O8/c1-8(26)31-7-11-13(32-9(2)27)12(19)15(33-11)25-6-10(14(28)24-17(25)30)4-3-5-23-16(29)18(20,21)22/h6,11-13,15H,3-5,7H2,1-2H3,(H,23,29)(H,24,28,30)/t11-,12-,13-,15-/m1/s1.